The van der Waals surface area contributed by atoms with Gasteiger partial charge in [0.15, 0.2) is 0 Å². The van der Waals surface area contributed by atoms with E-state index in [9.17, 15) is 0 Å². The van der Waals surface area contributed by atoms with Gasteiger partial charge in [-0.1, -0.05) is 0 Å². The third-order valence-electron chi connectivity index (χ3n) is 3.29. The van der Waals surface area contributed by atoms with Crippen LogP contribution in [0.1, 0.15) is 24.1 Å². The molecule has 0 radical (unpaired) electrons. The summed E-state index contributed by atoms with van der Waals surface area (Å²) in [6, 6.07) is 0.723. The molecule has 15 heavy (non-hydrogen) atoms. The molecule has 0 aromatic carbocycles. The fourth-order valence-corrected chi connectivity index (χ4v) is 2.18. The van der Waals surface area contributed by atoms with Gasteiger partial charge in [0.25, 0.3) is 0 Å². The lowest BCUT2D eigenvalue weighted by Crippen LogP contribution is -2.40. The van der Waals surface area contributed by atoms with Crippen LogP contribution in [0.4, 0.5) is 0 Å². The van der Waals surface area contributed by atoms with Crippen LogP contribution < -0.4 is 5.32 Å². The molecule has 1 aromatic heterocycles. The van der Waals surface area contributed by atoms with Gasteiger partial charge in [-0.15, -0.1) is 0 Å². The minimum Gasteiger partial charge on any atom is -0.317 e. The van der Waals surface area contributed by atoms with Gasteiger partial charge in [0.1, 0.15) is 0 Å². The van der Waals surface area contributed by atoms with E-state index >= 15 is 0 Å². The molecule has 0 amide bonds. The number of hydrogen-bond donors (Lipinski definition) is 2. The summed E-state index contributed by atoms with van der Waals surface area (Å²) in [7, 11) is 2.21. The van der Waals surface area contributed by atoms with Gasteiger partial charge in [-0.3, -0.25) is 10.00 Å². The van der Waals surface area contributed by atoms with Crippen molar-refractivity contribution < 1.29 is 0 Å². The third-order valence-corrected chi connectivity index (χ3v) is 3.29. The predicted molar refractivity (Wildman–Crippen MR) is 60.7 cm³/mol. The van der Waals surface area contributed by atoms with Crippen LogP contribution in [0.5, 0.6) is 0 Å². The Morgan fingerprint density at radius 2 is 2.20 bits per heavy atom. The SMILES string of the molecule is Cc1[nH]ncc1CN(C)C1CCNCC1. The van der Waals surface area contributed by atoms with Crippen LogP contribution in [0.25, 0.3) is 0 Å². The Labute approximate surface area is 91.1 Å². The molecule has 1 saturated heterocycles. The standard InChI is InChI=1S/C11H20N4/c1-9-10(7-13-14-9)8-15(2)11-3-5-12-6-4-11/h7,11-12H,3-6,8H2,1-2H3,(H,13,14). The molecule has 0 spiro atoms. The van der Waals surface area contributed by atoms with Gasteiger partial charge in [0.05, 0.1) is 6.20 Å². The van der Waals surface area contributed by atoms with Crippen LogP contribution in [0, 0.1) is 6.92 Å². The number of H-pyrrole nitrogens is 1. The molecule has 0 saturated carbocycles. The van der Waals surface area contributed by atoms with Crippen molar-refractivity contribution in [2.45, 2.75) is 32.4 Å². The highest BCUT2D eigenvalue weighted by atomic mass is 15.2. The van der Waals surface area contributed by atoms with Gasteiger partial charge in [-0.2, -0.15) is 5.10 Å². The first-order valence-corrected chi connectivity index (χ1v) is 5.67. The molecule has 0 atom stereocenters. The number of rotatable bonds is 3. The smallest absolute Gasteiger partial charge is 0.0535 e. The van der Waals surface area contributed by atoms with Crippen LogP contribution in [0.3, 0.4) is 0 Å². The molecular weight excluding hydrogens is 188 g/mol. The molecule has 2 rings (SSSR count). The van der Waals surface area contributed by atoms with E-state index in [1.165, 1.54) is 24.1 Å². The number of aromatic amines is 1. The van der Waals surface area contributed by atoms with Crippen LogP contribution in [0.15, 0.2) is 6.20 Å². The summed E-state index contributed by atoms with van der Waals surface area (Å²) in [6.45, 7) is 5.39. The molecule has 84 valence electrons. The average Bonchev–Trinajstić information content (AvgIpc) is 2.66. The van der Waals surface area contributed by atoms with Gasteiger partial charge < -0.3 is 5.32 Å². The summed E-state index contributed by atoms with van der Waals surface area (Å²) in [5.74, 6) is 0. The quantitative estimate of drug-likeness (QED) is 0.775. The minimum absolute atomic E-state index is 0.723. The second kappa shape index (κ2) is 4.77. The number of aryl methyl sites for hydroxylation is 1. The lowest BCUT2D eigenvalue weighted by molar-refractivity contribution is 0.191. The topological polar surface area (TPSA) is 44.0 Å². The molecule has 1 aliphatic heterocycles. The van der Waals surface area contributed by atoms with E-state index in [2.05, 4.69) is 34.4 Å². The molecule has 1 fully saturated rings. The second-order valence-electron chi connectivity index (χ2n) is 4.42. The molecule has 1 aromatic rings. The molecule has 2 heterocycles. The molecule has 0 unspecified atom stereocenters. The minimum atomic E-state index is 0.723. The Balaban J connectivity index is 1.91. The number of hydrogen-bond acceptors (Lipinski definition) is 3. The van der Waals surface area contributed by atoms with Crippen LogP contribution in [-0.2, 0) is 6.54 Å². The maximum Gasteiger partial charge on any atom is 0.0535 e. The Hall–Kier alpha value is -0.870. The largest absolute Gasteiger partial charge is 0.317 e. The van der Waals surface area contributed by atoms with Crippen molar-refractivity contribution in [1.82, 2.24) is 20.4 Å². The molecule has 2 N–H and O–H groups in total. The first-order chi connectivity index (χ1) is 7.27. The van der Waals surface area contributed by atoms with Crippen molar-refractivity contribution in [3.63, 3.8) is 0 Å². The molecule has 4 nitrogen and oxygen atoms in total. The molecule has 4 heteroatoms. The van der Waals surface area contributed by atoms with E-state index in [-0.39, 0.29) is 0 Å². The Kier molecular flexibility index (Phi) is 3.38. The fourth-order valence-electron chi connectivity index (χ4n) is 2.18. The lowest BCUT2D eigenvalue weighted by atomic mass is 10.0. The number of nitrogens with one attached hydrogen (secondary N) is 2. The first-order valence-electron chi connectivity index (χ1n) is 5.67. The summed E-state index contributed by atoms with van der Waals surface area (Å²) in [6.07, 6.45) is 4.45. The first kappa shape index (κ1) is 10.6. The van der Waals surface area contributed by atoms with Crippen molar-refractivity contribution in [3.8, 4) is 0 Å². The van der Waals surface area contributed by atoms with Crippen molar-refractivity contribution in [1.29, 1.82) is 0 Å². The van der Waals surface area contributed by atoms with Gasteiger partial charge in [-0.25, -0.2) is 0 Å². The van der Waals surface area contributed by atoms with E-state index in [1.54, 1.807) is 0 Å². The van der Waals surface area contributed by atoms with Gasteiger partial charge in [0.2, 0.25) is 0 Å². The van der Waals surface area contributed by atoms with Crippen molar-refractivity contribution in [2.24, 2.45) is 0 Å². The van der Waals surface area contributed by atoms with Crippen molar-refractivity contribution in [3.05, 3.63) is 17.5 Å². The summed E-state index contributed by atoms with van der Waals surface area (Å²) < 4.78 is 0. The summed E-state index contributed by atoms with van der Waals surface area (Å²) in [5, 5.41) is 10.4. The van der Waals surface area contributed by atoms with E-state index in [1.807, 2.05) is 6.20 Å². The van der Waals surface area contributed by atoms with Crippen LogP contribution in [0.2, 0.25) is 0 Å². The number of piperidine rings is 1. The van der Waals surface area contributed by atoms with E-state index in [4.69, 9.17) is 0 Å². The summed E-state index contributed by atoms with van der Waals surface area (Å²) >= 11 is 0. The maximum atomic E-state index is 4.06. The zero-order valence-electron chi connectivity index (χ0n) is 9.58. The lowest BCUT2D eigenvalue weighted by Gasteiger charge is -2.31. The Morgan fingerprint density at radius 1 is 1.47 bits per heavy atom. The van der Waals surface area contributed by atoms with Gasteiger partial charge >= 0.3 is 0 Å². The zero-order valence-corrected chi connectivity index (χ0v) is 9.58. The molecule has 0 bridgehead atoms. The third kappa shape index (κ3) is 2.58. The molecule has 1 aliphatic rings. The van der Waals surface area contributed by atoms with Crippen molar-refractivity contribution >= 4 is 0 Å². The summed E-state index contributed by atoms with van der Waals surface area (Å²) in [5.41, 5.74) is 2.51. The highest BCUT2D eigenvalue weighted by molar-refractivity contribution is 5.14. The van der Waals surface area contributed by atoms with E-state index < -0.39 is 0 Å². The average molecular weight is 208 g/mol. The Bertz CT molecular complexity index is 301. The predicted octanol–water partition coefficient (Wildman–Crippen LogP) is 0.902. The van der Waals surface area contributed by atoms with Gasteiger partial charge in [0, 0.05) is 23.8 Å². The second-order valence-corrected chi connectivity index (χ2v) is 4.42. The highest BCUT2D eigenvalue weighted by Crippen LogP contribution is 2.14. The maximum absolute atomic E-state index is 4.06. The van der Waals surface area contributed by atoms with Crippen LogP contribution in [-0.4, -0.2) is 41.3 Å². The summed E-state index contributed by atoms with van der Waals surface area (Å²) in [4.78, 5) is 2.44. The molecular formula is C11H20N4. The van der Waals surface area contributed by atoms with E-state index in [0.29, 0.717) is 0 Å². The van der Waals surface area contributed by atoms with Crippen LogP contribution >= 0.6 is 0 Å². The van der Waals surface area contributed by atoms with E-state index in [0.717, 1.165) is 25.7 Å². The fraction of sp³-hybridized carbons (Fsp3) is 0.727. The molecule has 0 aliphatic carbocycles. The number of aromatic nitrogens is 2. The van der Waals surface area contributed by atoms with Crippen molar-refractivity contribution in [2.75, 3.05) is 20.1 Å². The normalized spacial score (nSPS) is 18.6. The van der Waals surface area contributed by atoms with Gasteiger partial charge in [-0.05, 0) is 39.9 Å². The highest BCUT2D eigenvalue weighted by Gasteiger charge is 2.18. The Morgan fingerprint density at radius 3 is 2.80 bits per heavy atom. The monoisotopic (exact) mass is 208 g/mol. The number of nitrogens with zero attached hydrogens (tertiary/aromatic N) is 2. The zero-order chi connectivity index (χ0) is 10.7.